The molecule has 0 atom stereocenters. The molecule has 1 aromatic carbocycles. The first kappa shape index (κ1) is 10.7. The number of carbonyl (C=O) groups excluding carboxylic acids is 1. The van der Waals surface area contributed by atoms with Crippen LogP contribution in [0.5, 0.6) is 0 Å². The Morgan fingerprint density at radius 2 is 2.33 bits per heavy atom. The molecule has 0 radical (unpaired) electrons. The Balaban J connectivity index is 1.81. The van der Waals surface area contributed by atoms with Crippen molar-refractivity contribution in [3.8, 4) is 0 Å². The van der Waals surface area contributed by atoms with Crippen LogP contribution in [0.25, 0.3) is 0 Å². The Bertz CT molecular complexity index is 579. The number of hydrogen-bond acceptors (Lipinski definition) is 5. The van der Waals surface area contributed by atoms with Crippen LogP contribution in [-0.2, 0) is 17.8 Å². The summed E-state index contributed by atoms with van der Waals surface area (Å²) >= 11 is 0. The van der Waals surface area contributed by atoms with Gasteiger partial charge in [0.1, 0.15) is 12.9 Å². The van der Waals surface area contributed by atoms with E-state index in [9.17, 15) is 4.79 Å². The minimum Gasteiger partial charge on any atom is -0.399 e. The third-order valence-electron chi connectivity index (χ3n) is 2.99. The second-order valence-electron chi connectivity index (χ2n) is 4.19. The van der Waals surface area contributed by atoms with Gasteiger partial charge in [-0.25, -0.2) is 4.68 Å². The van der Waals surface area contributed by atoms with Crippen molar-refractivity contribution in [2.45, 2.75) is 13.0 Å². The van der Waals surface area contributed by atoms with Gasteiger partial charge in [-0.2, -0.15) is 0 Å². The van der Waals surface area contributed by atoms with E-state index in [0.29, 0.717) is 6.54 Å². The lowest BCUT2D eigenvalue weighted by molar-refractivity contribution is -0.119. The van der Waals surface area contributed by atoms with E-state index in [1.165, 1.54) is 11.0 Å². The zero-order chi connectivity index (χ0) is 12.5. The largest absolute Gasteiger partial charge is 0.399 e. The van der Waals surface area contributed by atoms with Gasteiger partial charge in [0.2, 0.25) is 5.91 Å². The van der Waals surface area contributed by atoms with E-state index >= 15 is 0 Å². The molecule has 7 heteroatoms. The normalized spacial score (nSPS) is 13.7. The van der Waals surface area contributed by atoms with Gasteiger partial charge in [-0.05, 0) is 40.6 Å². The highest BCUT2D eigenvalue weighted by Crippen LogP contribution is 2.29. The average Bonchev–Trinajstić information content (AvgIpc) is 2.97. The van der Waals surface area contributed by atoms with Crippen LogP contribution in [0.4, 0.5) is 11.4 Å². The average molecular weight is 244 g/mol. The van der Waals surface area contributed by atoms with Crippen molar-refractivity contribution in [2.75, 3.05) is 17.2 Å². The summed E-state index contributed by atoms with van der Waals surface area (Å²) in [5.74, 6) is -0.0224. The van der Waals surface area contributed by atoms with Crippen LogP contribution < -0.4 is 10.6 Å². The summed E-state index contributed by atoms with van der Waals surface area (Å²) in [6.45, 7) is 0.830. The fraction of sp³-hybridized carbons (Fsp3) is 0.273. The monoisotopic (exact) mass is 244 g/mol. The van der Waals surface area contributed by atoms with Crippen molar-refractivity contribution in [1.29, 1.82) is 0 Å². The number of nitrogens with zero attached hydrogens (tertiary/aromatic N) is 5. The molecule has 1 aliphatic heterocycles. The van der Waals surface area contributed by atoms with Crippen molar-refractivity contribution in [3.05, 3.63) is 30.1 Å². The number of fused-ring (bicyclic) bond motifs is 1. The quantitative estimate of drug-likeness (QED) is 0.742. The SMILES string of the molecule is Nc1ccc2c(c1)CCN2C(=O)Cn1cnnn1. The highest BCUT2D eigenvalue weighted by molar-refractivity contribution is 5.95. The van der Waals surface area contributed by atoms with E-state index in [-0.39, 0.29) is 12.5 Å². The number of nitrogen functional groups attached to an aromatic ring is 1. The van der Waals surface area contributed by atoms with Gasteiger partial charge in [0, 0.05) is 17.9 Å². The molecule has 3 rings (SSSR count). The van der Waals surface area contributed by atoms with Gasteiger partial charge in [0.15, 0.2) is 0 Å². The molecule has 0 aliphatic carbocycles. The number of carbonyl (C=O) groups is 1. The molecule has 1 aromatic heterocycles. The minimum atomic E-state index is -0.0224. The van der Waals surface area contributed by atoms with Gasteiger partial charge in [0.25, 0.3) is 0 Å². The van der Waals surface area contributed by atoms with Crippen LogP contribution >= 0.6 is 0 Å². The lowest BCUT2D eigenvalue weighted by Gasteiger charge is -2.16. The summed E-state index contributed by atoms with van der Waals surface area (Å²) in [5.41, 5.74) is 8.50. The first-order valence-electron chi connectivity index (χ1n) is 5.63. The number of hydrogen-bond donors (Lipinski definition) is 1. The maximum atomic E-state index is 12.1. The standard InChI is InChI=1S/C11H12N6O/c12-9-1-2-10-8(5-9)3-4-17(10)11(18)6-16-7-13-14-15-16/h1-2,5,7H,3-4,6,12H2. The summed E-state index contributed by atoms with van der Waals surface area (Å²) in [4.78, 5) is 13.9. The molecule has 2 N–H and O–H groups in total. The topological polar surface area (TPSA) is 89.9 Å². The molecular formula is C11H12N6O. The third kappa shape index (κ3) is 1.79. The fourth-order valence-electron chi connectivity index (χ4n) is 2.16. The van der Waals surface area contributed by atoms with Crippen LogP contribution in [0.1, 0.15) is 5.56 Å². The molecule has 0 saturated carbocycles. The van der Waals surface area contributed by atoms with E-state index in [1.54, 1.807) is 11.0 Å². The second-order valence-corrected chi connectivity index (χ2v) is 4.19. The number of amides is 1. The highest BCUT2D eigenvalue weighted by Gasteiger charge is 2.24. The first-order chi connectivity index (χ1) is 8.74. The zero-order valence-corrected chi connectivity index (χ0v) is 9.65. The summed E-state index contributed by atoms with van der Waals surface area (Å²) in [6, 6.07) is 5.61. The fourth-order valence-corrected chi connectivity index (χ4v) is 2.16. The first-order valence-corrected chi connectivity index (χ1v) is 5.63. The van der Waals surface area contributed by atoms with Crippen molar-refractivity contribution in [3.63, 3.8) is 0 Å². The smallest absolute Gasteiger partial charge is 0.248 e. The van der Waals surface area contributed by atoms with E-state index in [2.05, 4.69) is 15.5 Å². The lowest BCUT2D eigenvalue weighted by atomic mass is 10.1. The number of nitrogens with two attached hydrogens (primary N) is 1. The van der Waals surface area contributed by atoms with E-state index in [1.807, 2.05) is 12.1 Å². The van der Waals surface area contributed by atoms with E-state index in [0.717, 1.165) is 23.4 Å². The summed E-state index contributed by atoms with van der Waals surface area (Å²) in [7, 11) is 0. The Labute approximate surface area is 103 Å². The number of benzene rings is 1. The third-order valence-corrected chi connectivity index (χ3v) is 2.99. The zero-order valence-electron chi connectivity index (χ0n) is 9.65. The molecule has 2 aromatic rings. The molecule has 0 saturated heterocycles. The molecular weight excluding hydrogens is 232 g/mol. The van der Waals surface area contributed by atoms with E-state index < -0.39 is 0 Å². The van der Waals surface area contributed by atoms with Gasteiger partial charge in [0.05, 0.1) is 0 Å². The number of tetrazole rings is 1. The van der Waals surface area contributed by atoms with E-state index in [4.69, 9.17) is 5.73 Å². The van der Waals surface area contributed by atoms with Crippen LogP contribution in [0.2, 0.25) is 0 Å². The molecule has 7 nitrogen and oxygen atoms in total. The molecule has 1 amide bonds. The predicted molar refractivity (Wildman–Crippen MR) is 64.7 cm³/mol. The molecule has 2 heterocycles. The van der Waals surface area contributed by atoms with Crippen molar-refractivity contribution < 1.29 is 4.79 Å². The Morgan fingerprint density at radius 1 is 1.44 bits per heavy atom. The maximum Gasteiger partial charge on any atom is 0.248 e. The van der Waals surface area contributed by atoms with Crippen LogP contribution in [0, 0.1) is 0 Å². The number of aromatic nitrogens is 4. The van der Waals surface area contributed by atoms with Gasteiger partial charge >= 0.3 is 0 Å². The maximum absolute atomic E-state index is 12.1. The Morgan fingerprint density at radius 3 is 3.11 bits per heavy atom. The molecule has 0 bridgehead atoms. The van der Waals surface area contributed by atoms with Crippen molar-refractivity contribution >= 4 is 17.3 Å². The predicted octanol–water partition coefficient (Wildman–Crippen LogP) is -0.155. The molecule has 18 heavy (non-hydrogen) atoms. The van der Waals surface area contributed by atoms with Crippen LogP contribution in [0.3, 0.4) is 0 Å². The van der Waals surface area contributed by atoms with Gasteiger partial charge in [-0.3, -0.25) is 4.79 Å². The van der Waals surface area contributed by atoms with Crippen molar-refractivity contribution in [2.24, 2.45) is 0 Å². The van der Waals surface area contributed by atoms with Crippen molar-refractivity contribution in [1.82, 2.24) is 20.2 Å². The lowest BCUT2D eigenvalue weighted by Crippen LogP contribution is -2.32. The van der Waals surface area contributed by atoms with Gasteiger partial charge in [-0.1, -0.05) is 0 Å². The highest BCUT2D eigenvalue weighted by atomic mass is 16.2. The molecule has 0 spiro atoms. The minimum absolute atomic E-state index is 0.0224. The molecule has 92 valence electrons. The molecule has 1 aliphatic rings. The molecule has 0 fully saturated rings. The Hall–Kier alpha value is -2.44. The summed E-state index contributed by atoms with van der Waals surface area (Å²) in [6.07, 6.45) is 2.26. The summed E-state index contributed by atoms with van der Waals surface area (Å²) in [5, 5.41) is 10.7. The van der Waals surface area contributed by atoms with Gasteiger partial charge < -0.3 is 10.6 Å². The van der Waals surface area contributed by atoms with Crippen LogP contribution in [-0.4, -0.2) is 32.7 Å². The summed E-state index contributed by atoms with van der Waals surface area (Å²) < 4.78 is 1.41. The second kappa shape index (κ2) is 4.10. The number of anilines is 2. The number of rotatable bonds is 2. The van der Waals surface area contributed by atoms with Gasteiger partial charge in [-0.15, -0.1) is 5.10 Å². The van der Waals surface area contributed by atoms with Crippen LogP contribution in [0.15, 0.2) is 24.5 Å². The Kier molecular flexibility index (Phi) is 2.44. The molecule has 0 unspecified atom stereocenters.